The fourth-order valence-electron chi connectivity index (χ4n) is 3.03. The summed E-state index contributed by atoms with van der Waals surface area (Å²) in [5.41, 5.74) is 6.44. The molecule has 0 aromatic heterocycles. The number of nitrogens with zero attached hydrogens (tertiary/aromatic N) is 1. The van der Waals surface area contributed by atoms with Gasteiger partial charge >= 0.3 is 0 Å². The smallest absolute Gasteiger partial charge is 0.246 e. The summed E-state index contributed by atoms with van der Waals surface area (Å²) < 4.78 is 31.5. The Balaban J connectivity index is 0.00000338. The van der Waals surface area contributed by atoms with Crippen molar-refractivity contribution in [2.24, 2.45) is 11.7 Å². The number of halogens is 1. The number of sulfonamides is 1. The Morgan fingerprint density at radius 3 is 2.58 bits per heavy atom. The molecule has 9 heteroatoms. The van der Waals surface area contributed by atoms with Crippen molar-refractivity contribution in [3.8, 4) is 5.75 Å². The topological polar surface area (TPSA) is 102 Å². The molecule has 2 rings (SSSR count). The second-order valence-electron chi connectivity index (χ2n) is 6.49. The predicted molar refractivity (Wildman–Crippen MR) is 104 cm³/mol. The Morgan fingerprint density at radius 1 is 1.35 bits per heavy atom. The minimum Gasteiger partial charge on any atom is -0.492 e. The van der Waals surface area contributed by atoms with E-state index >= 15 is 0 Å². The summed E-state index contributed by atoms with van der Waals surface area (Å²) in [5, 5.41) is 2.78. The van der Waals surface area contributed by atoms with Gasteiger partial charge in [0.2, 0.25) is 15.9 Å². The van der Waals surface area contributed by atoms with Crippen molar-refractivity contribution in [2.75, 3.05) is 26.0 Å². The second-order valence-corrected chi connectivity index (χ2v) is 8.61. The Morgan fingerprint density at radius 2 is 2.04 bits per heavy atom. The molecule has 1 amide bonds. The van der Waals surface area contributed by atoms with Crippen LogP contribution in [0, 0.1) is 5.92 Å². The molecule has 1 aliphatic carbocycles. The Kier molecular flexibility index (Phi) is 8.33. The summed E-state index contributed by atoms with van der Waals surface area (Å²) in [6, 6.07) is 4.71. The van der Waals surface area contributed by atoms with Crippen molar-refractivity contribution in [1.82, 2.24) is 4.31 Å². The molecule has 0 saturated heterocycles. The number of nitrogens with two attached hydrogens (primary N) is 1. The third kappa shape index (κ3) is 5.33. The van der Waals surface area contributed by atoms with E-state index in [0.29, 0.717) is 18.7 Å². The van der Waals surface area contributed by atoms with Gasteiger partial charge in [0.1, 0.15) is 10.6 Å². The van der Waals surface area contributed by atoms with Crippen LogP contribution < -0.4 is 15.8 Å². The van der Waals surface area contributed by atoms with Crippen LogP contribution in [0.5, 0.6) is 5.75 Å². The van der Waals surface area contributed by atoms with Crippen molar-refractivity contribution in [3.05, 3.63) is 18.2 Å². The number of hydrogen-bond acceptors (Lipinski definition) is 5. The molecule has 1 aliphatic rings. The van der Waals surface area contributed by atoms with Gasteiger partial charge in [-0.3, -0.25) is 4.79 Å². The molecular formula is C17H28ClN3O4S. The lowest BCUT2D eigenvalue weighted by Gasteiger charge is -2.18. The number of rotatable bonds is 7. The fourth-order valence-corrected chi connectivity index (χ4v) is 4.08. The van der Waals surface area contributed by atoms with E-state index in [-0.39, 0.29) is 40.9 Å². The summed E-state index contributed by atoms with van der Waals surface area (Å²) in [6.45, 7) is 2.13. The van der Waals surface area contributed by atoms with Crippen LogP contribution >= 0.6 is 12.4 Å². The van der Waals surface area contributed by atoms with Gasteiger partial charge < -0.3 is 15.8 Å². The lowest BCUT2D eigenvalue weighted by molar-refractivity contribution is -0.117. The van der Waals surface area contributed by atoms with Crippen molar-refractivity contribution in [2.45, 2.75) is 43.5 Å². The van der Waals surface area contributed by atoms with Crippen LogP contribution in [-0.4, -0.2) is 45.4 Å². The molecule has 0 radical (unpaired) electrons. The molecule has 2 atom stereocenters. The number of carbonyl (C=O) groups is 1. The maximum Gasteiger partial charge on any atom is 0.246 e. The van der Waals surface area contributed by atoms with Crippen LogP contribution in [0.2, 0.25) is 0 Å². The highest BCUT2D eigenvalue weighted by Gasteiger charge is 2.27. The van der Waals surface area contributed by atoms with Gasteiger partial charge in [0.15, 0.2) is 0 Å². The number of carbonyl (C=O) groups excluding carboxylic acids is 1. The molecule has 148 valence electrons. The van der Waals surface area contributed by atoms with E-state index in [1.165, 1.54) is 20.2 Å². The van der Waals surface area contributed by atoms with E-state index in [1.54, 1.807) is 19.1 Å². The van der Waals surface area contributed by atoms with Crippen molar-refractivity contribution in [1.29, 1.82) is 0 Å². The van der Waals surface area contributed by atoms with Crippen LogP contribution in [0.15, 0.2) is 23.1 Å². The third-order valence-corrected chi connectivity index (χ3v) is 6.29. The van der Waals surface area contributed by atoms with Crippen molar-refractivity contribution < 1.29 is 17.9 Å². The molecule has 7 nitrogen and oxygen atoms in total. The molecule has 1 aromatic carbocycles. The number of benzene rings is 1. The highest BCUT2D eigenvalue weighted by Crippen LogP contribution is 2.30. The highest BCUT2D eigenvalue weighted by atomic mass is 35.5. The van der Waals surface area contributed by atoms with E-state index in [0.717, 1.165) is 23.6 Å². The summed E-state index contributed by atoms with van der Waals surface area (Å²) in [4.78, 5) is 12.3. The number of hydrogen-bond donors (Lipinski definition) is 2. The Bertz CT molecular complexity index is 725. The molecule has 26 heavy (non-hydrogen) atoms. The first kappa shape index (κ1) is 22.7. The maximum absolute atomic E-state index is 12.5. The third-order valence-electron chi connectivity index (χ3n) is 4.45. The van der Waals surface area contributed by atoms with Gasteiger partial charge in [-0.25, -0.2) is 12.7 Å². The molecule has 1 saturated carbocycles. The number of amides is 1. The normalized spacial score (nSPS) is 19.9. The van der Waals surface area contributed by atoms with Gasteiger partial charge in [0, 0.05) is 32.2 Å². The summed E-state index contributed by atoms with van der Waals surface area (Å²) in [6.07, 6.45) is 3.31. The van der Waals surface area contributed by atoms with E-state index < -0.39 is 10.0 Å². The monoisotopic (exact) mass is 405 g/mol. The summed E-state index contributed by atoms with van der Waals surface area (Å²) in [5.74, 6) is 0.305. The first-order valence-electron chi connectivity index (χ1n) is 8.50. The Labute approximate surface area is 161 Å². The van der Waals surface area contributed by atoms with Crippen molar-refractivity contribution in [3.63, 3.8) is 0 Å². The van der Waals surface area contributed by atoms with Gasteiger partial charge in [-0.2, -0.15) is 0 Å². The summed E-state index contributed by atoms with van der Waals surface area (Å²) in [7, 11) is -0.770. The molecule has 0 heterocycles. The van der Waals surface area contributed by atoms with Crippen molar-refractivity contribution >= 4 is 34.0 Å². The summed E-state index contributed by atoms with van der Waals surface area (Å²) >= 11 is 0. The molecule has 3 N–H and O–H groups in total. The van der Waals surface area contributed by atoms with Gasteiger partial charge in [-0.1, -0.05) is 6.42 Å². The van der Waals surface area contributed by atoms with Crippen LogP contribution in [0.1, 0.15) is 32.6 Å². The minimum absolute atomic E-state index is 0. The average molecular weight is 406 g/mol. The fraction of sp³-hybridized carbons (Fsp3) is 0.588. The van der Waals surface area contributed by atoms with Crippen LogP contribution in [0.25, 0.3) is 0 Å². The zero-order valence-electron chi connectivity index (χ0n) is 15.4. The second kappa shape index (κ2) is 9.55. The van der Waals surface area contributed by atoms with Gasteiger partial charge in [-0.05, 0) is 43.9 Å². The molecule has 1 fully saturated rings. The molecule has 0 spiro atoms. The Hall–Kier alpha value is -1.35. The number of anilines is 1. The van der Waals surface area contributed by atoms with Crippen LogP contribution in [-0.2, 0) is 14.8 Å². The van der Waals surface area contributed by atoms with E-state index in [4.69, 9.17) is 10.5 Å². The quantitative estimate of drug-likeness (QED) is 0.724. The number of nitrogens with one attached hydrogen (secondary N) is 1. The molecule has 1 aromatic rings. The maximum atomic E-state index is 12.5. The SMILES string of the molecule is CCOc1ccc(NC(=O)C[C@@H]2CCC[C@H]2N)cc1S(=O)(=O)N(C)C.Cl. The van der Waals surface area contributed by atoms with E-state index in [9.17, 15) is 13.2 Å². The molecule has 0 unspecified atom stereocenters. The predicted octanol–water partition coefficient (Wildman–Crippen LogP) is 2.21. The number of ether oxygens (including phenoxy) is 1. The van der Waals surface area contributed by atoms with Crippen LogP contribution in [0.4, 0.5) is 5.69 Å². The molecule has 0 aliphatic heterocycles. The zero-order chi connectivity index (χ0) is 18.6. The van der Waals surface area contributed by atoms with Gasteiger partial charge in [0.25, 0.3) is 0 Å². The largest absolute Gasteiger partial charge is 0.492 e. The first-order valence-corrected chi connectivity index (χ1v) is 9.94. The van der Waals surface area contributed by atoms with E-state index in [2.05, 4.69) is 5.32 Å². The molecule has 0 bridgehead atoms. The molecular weight excluding hydrogens is 378 g/mol. The lowest BCUT2D eigenvalue weighted by Crippen LogP contribution is -2.28. The van der Waals surface area contributed by atoms with Crippen LogP contribution in [0.3, 0.4) is 0 Å². The average Bonchev–Trinajstić information content (AvgIpc) is 2.93. The van der Waals surface area contributed by atoms with Gasteiger partial charge in [0.05, 0.1) is 6.61 Å². The first-order chi connectivity index (χ1) is 11.8. The highest BCUT2D eigenvalue weighted by molar-refractivity contribution is 7.89. The van der Waals surface area contributed by atoms with E-state index in [1.807, 2.05) is 0 Å². The lowest BCUT2D eigenvalue weighted by atomic mass is 10.00. The van der Waals surface area contributed by atoms with Gasteiger partial charge in [-0.15, -0.1) is 12.4 Å². The zero-order valence-corrected chi connectivity index (χ0v) is 17.0. The minimum atomic E-state index is -3.68. The standard InChI is InChI=1S/C17H27N3O4S.ClH/c1-4-24-15-9-8-13(11-16(15)25(22,23)20(2)3)19-17(21)10-12-6-5-7-14(12)18;/h8-9,11-12,14H,4-7,10,18H2,1-3H3,(H,19,21);1H/t12-,14+;/m0./s1.